The van der Waals surface area contributed by atoms with E-state index < -0.39 is 0 Å². The van der Waals surface area contributed by atoms with Gasteiger partial charge >= 0.3 is 0 Å². The zero-order valence-electron chi connectivity index (χ0n) is 11.4. The van der Waals surface area contributed by atoms with E-state index >= 15 is 0 Å². The first-order valence-electron chi connectivity index (χ1n) is 6.84. The van der Waals surface area contributed by atoms with Gasteiger partial charge in [0.15, 0.2) is 0 Å². The Balaban J connectivity index is 2.20. The minimum atomic E-state index is -0.0360. The van der Waals surface area contributed by atoms with Crippen molar-refractivity contribution in [2.75, 3.05) is 0 Å². The second-order valence-corrected chi connectivity index (χ2v) is 5.34. The summed E-state index contributed by atoms with van der Waals surface area (Å²) in [5.74, 6) is 0.114. The number of rotatable bonds is 3. The molecule has 0 aliphatic heterocycles. The molecule has 1 N–H and O–H groups in total. The number of para-hydroxylation sites is 1. The molecule has 0 saturated carbocycles. The molecule has 3 aromatic rings. The second-order valence-electron chi connectivity index (χ2n) is 4.93. The van der Waals surface area contributed by atoms with Crippen LogP contribution in [0.3, 0.4) is 0 Å². The van der Waals surface area contributed by atoms with Crippen molar-refractivity contribution >= 4 is 11.6 Å². The van der Waals surface area contributed by atoms with Crippen molar-refractivity contribution in [1.82, 2.24) is 0 Å². The Bertz CT molecular complexity index is 684. The van der Waals surface area contributed by atoms with Crippen LogP contribution in [0.5, 0.6) is 5.75 Å². The van der Waals surface area contributed by atoms with Gasteiger partial charge in [0.1, 0.15) is 5.75 Å². The molecule has 0 spiro atoms. The van der Waals surface area contributed by atoms with Crippen molar-refractivity contribution in [2.45, 2.75) is 5.92 Å². The van der Waals surface area contributed by atoms with Crippen LogP contribution in [0.1, 0.15) is 22.6 Å². The molecule has 0 saturated heterocycles. The molecule has 0 bridgehead atoms. The lowest BCUT2D eigenvalue weighted by molar-refractivity contribution is 0.467. The van der Waals surface area contributed by atoms with Gasteiger partial charge in [0.05, 0.1) is 5.02 Å². The average molecular weight is 295 g/mol. The molecular formula is C19H15ClO. The summed E-state index contributed by atoms with van der Waals surface area (Å²) >= 11 is 6.08. The molecule has 104 valence electrons. The summed E-state index contributed by atoms with van der Waals surface area (Å²) in [4.78, 5) is 0. The first kappa shape index (κ1) is 13.7. The van der Waals surface area contributed by atoms with Gasteiger partial charge in [-0.3, -0.25) is 0 Å². The molecule has 0 amide bonds. The fourth-order valence-electron chi connectivity index (χ4n) is 2.61. The number of aromatic hydroxyl groups is 1. The zero-order chi connectivity index (χ0) is 14.7. The summed E-state index contributed by atoms with van der Waals surface area (Å²) in [5, 5.41) is 10.7. The number of benzene rings is 3. The highest BCUT2D eigenvalue weighted by atomic mass is 35.5. The van der Waals surface area contributed by atoms with Crippen LogP contribution in [-0.2, 0) is 0 Å². The number of phenolic OH excluding ortho intramolecular Hbond substituents is 1. The molecule has 0 heterocycles. The van der Waals surface area contributed by atoms with Crippen LogP contribution >= 0.6 is 11.6 Å². The Labute approximate surface area is 129 Å². The van der Waals surface area contributed by atoms with Gasteiger partial charge < -0.3 is 5.11 Å². The monoisotopic (exact) mass is 294 g/mol. The van der Waals surface area contributed by atoms with E-state index in [1.165, 1.54) is 0 Å². The quantitative estimate of drug-likeness (QED) is 0.656. The average Bonchev–Trinajstić information content (AvgIpc) is 2.54. The maximum absolute atomic E-state index is 10.4. The van der Waals surface area contributed by atoms with Gasteiger partial charge in [-0.1, -0.05) is 84.4 Å². The Morgan fingerprint density at radius 2 is 1.19 bits per heavy atom. The van der Waals surface area contributed by atoms with Crippen LogP contribution in [0.15, 0.2) is 78.9 Å². The van der Waals surface area contributed by atoms with E-state index in [-0.39, 0.29) is 11.7 Å². The van der Waals surface area contributed by atoms with Crippen LogP contribution in [0, 0.1) is 0 Å². The molecule has 0 fully saturated rings. The van der Waals surface area contributed by atoms with Gasteiger partial charge in [0, 0.05) is 11.5 Å². The van der Waals surface area contributed by atoms with Crippen LogP contribution < -0.4 is 0 Å². The van der Waals surface area contributed by atoms with Gasteiger partial charge in [-0.2, -0.15) is 0 Å². The zero-order valence-corrected chi connectivity index (χ0v) is 12.2. The summed E-state index contributed by atoms with van der Waals surface area (Å²) in [6.07, 6.45) is 0. The molecule has 0 aliphatic carbocycles. The second kappa shape index (κ2) is 6.02. The van der Waals surface area contributed by atoms with Gasteiger partial charge in [-0.25, -0.2) is 0 Å². The standard InChI is InChI=1S/C19H15ClO/c20-17-13-7-12-16(19(17)21)18(14-8-3-1-4-9-14)15-10-5-2-6-11-15/h1-13,18,21H. The molecule has 3 aromatic carbocycles. The SMILES string of the molecule is Oc1c(Cl)cccc1C(c1ccccc1)c1ccccc1. The molecule has 2 heteroatoms. The number of halogens is 1. The lowest BCUT2D eigenvalue weighted by Crippen LogP contribution is -2.03. The van der Waals surface area contributed by atoms with Crippen molar-refractivity contribution in [2.24, 2.45) is 0 Å². The molecule has 3 rings (SSSR count). The largest absolute Gasteiger partial charge is 0.506 e. The minimum absolute atomic E-state index is 0.0360. The van der Waals surface area contributed by atoms with Crippen LogP contribution in [-0.4, -0.2) is 5.11 Å². The minimum Gasteiger partial charge on any atom is -0.506 e. The lowest BCUT2D eigenvalue weighted by atomic mass is 9.85. The first-order valence-corrected chi connectivity index (χ1v) is 7.22. The normalized spacial score (nSPS) is 10.8. The number of phenols is 1. The molecule has 0 atom stereocenters. The first-order chi connectivity index (χ1) is 10.3. The number of hydrogen-bond donors (Lipinski definition) is 1. The van der Waals surface area contributed by atoms with Crippen molar-refractivity contribution in [3.05, 3.63) is 101 Å². The van der Waals surface area contributed by atoms with Gasteiger partial charge in [0.25, 0.3) is 0 Å². The highest BCUT2D eigenvalue weighted by Gasteiger charge is 2.20. The molecule has 0 aliphatic rings. The predicted molar refractivity (Wildman–Crippen MR) is 86.9 cm³/mol. The molecule has 0 radical (unpaired) electrons. The van der Waals surface area contributed by atoms with Gasteiger partial charge in [-0.05, 0) is 17.2 Å². The Kier molecular flexibility index (Phi) is 3.94. The third-order valence-electron chi connectivity index (χ3n) is 3.59. The van der Waals surface area contributed by atoms with Crippen LogP contribution in [0.4, 0.5) is 0 Å². The third-order valence-corrected chi connectivity index (χ3v) is 3.90. The smallest absolute Gasteiger partial charge is 0.138 e. The molecule has 1 nitrogen and oxygen atoms in total. The third kappa shape index (κ3) is 2.79. The van der Waals surface area contributed by atoms with E-state index in [0.29, 0.717) is 5.02 Å². The summed E-state index contributed by atoms with van der Waals surface area (Å²) < 4.78 is 0. The summed E-state index contributed by atoms with van der Waals surface area (Å²) in [6, 6.07) is 25.8. The molecule has 0 aromatic heterocycles. The van der Waals surface area contributed by atoms with E-state index in [2.05, 4.69) is 24.3 Å². The summed E-state index contributed by atoms with van der Waals surface area (Å²) in [5.41, 5.74) is 3.07. The molecule has 21 heavy (non-hydrogen) atoms. The van der Waals surface area contributed by atoms with Crippen molar-refractivity contribution in [1.29, 1.82) is 0 Å². The van der Waals surface area contributed by atoms with Crippen molar-refractivity contribution in [3.63, 3.8) is 0 Å². The van der Waals surface area contributed by atoms with Crippen molar-refractivity contribution in [3.8, 4) is 5.75 Å². The van der Waals surface area contributed by atoms with Crippen LogP contribution in [0.25, 0.3) is 0 Å². The van der Waals surface area contributed by atoms with E-state index in [1.807, 2.05) is 48.5 Å². The maximum Gasteiger partial charge on any atom is 0.138 e. The topological polar surface area (TPSA) is 20.2 Å². The Morgan fingerprint density at radius 3 is 1.71 bits per heavy atom. The summed E-state index contributed by atoms with van der Waals surface area (Å²) in [6.45, 7) is 0. The lowest BCUT2D eigenvalue weighted by Gasteiger charge is -2.20. The molecular weight excluding hydrogens is 280 g/mol. The predicted octanol–water partition coefficient (Wildman–Crippen LogP) is 5.23. The van der Waals surface area contributed by atoms with Gasteiger partial charge in [0.2, 0.25) is 0 Å². The maximum atomic E-state index is 10.4. The Hall–Kier alpha value is -2.25. The highest BCUT2D eigenvalue weighted by Crippen LogP contribution is 2.39. The van der Waals surface area contributed by atoms with Crippen LogP contribution in [0.2, 0.25) is 5.02 Å². The molecule has 0 unspecified atom stereocenters. The highest BCUT2D eigenvalue weighted by molar-refractivity contribution is 6.32. The van der Waals surface area contributed by atoms with E-state index in [0.717, 1.165) is 16.7 Å². The van der Waals surface area contributed by atoms with E-state index in [1.54, 1.807) is 6.07 Å². The fourth-order valence-corrected chi connectivity index (χ4v) is 2.79. The number of hydrogen-bond acceptors (Lipinski definition) is 1. The van der Waals surface area contributed by atoms with E-state index in [9.17, 15) is 5.11 Å². The Morgan fingerprint density at radius 1 is 0.667 bits per heavy atom. The van der Waals surface area contributed by atoms with Gasteiger partial charge in [-0.15, -0.1) is 0 Å². The summed E-state index contributed by atoms with van der Waals surface area (Å²) in [7, 11) is 0. The van der Waals surface area contributed by atoms with E-state index in [4.69, 9.17) is 11.6 Å². The van der Waals surface area contributed by atoms with Crippen molar-refractivity contribution < 1.29 is 5.11 Å². The fraction of sp³-hybridized carbons (Fsp3) is 0.0526.